The van der Waals surface area contributed by atoms with Crippen molar-refractivity contribution in [2.24, 2.45) is 10.9 Å². The summed E-state index contributed by atoms with van der Waals surface area (Å²) < 4.78 is 39.5. The highest BCUT2D eigenvalue weighted by atomic mass is 35.5. The van der Waals surface area contributed by atoms with Gasteiger partial charge >= 0.3 is 12.1 Å². The number of nitrogens with zero attached hydrogens (tertiary/aromatic N) is 2. The van der Waals surface area contributed by atoms with Crippen LogP contribution in [0.4, 0.5) is 13.2 Å². The first-order chi connectivity index (χ1) is 15.0. The Morgan fingerprint density at radius 1 is 1.06 bits per heavy atom. The number of hydrogen-bond acceptors (Lipinski definition) is 4. The molecule has 0 spiro atoms. The van der Waals surface area contributed by atoms with Gasteiger partial charge in [-0.3, -0.25) is 4.79 Å². The fourth-order valence-electron chi connectivity index (χ4n) is 2.65. The minimum Gasteiger partial charge on any atom is -0.380 e. The zero-order valence-corrected chi connectivity index (χ0v) is 17.6. The number of carbonyl (C=O) groups excluding carboxylic acids is 1. The van der Waals surface area contributed by atoms with E-state index in [2.05, 4.69) is 5.16 Å². The molecule has 1 heterocycles. The van der Waals surface area contributed by atoms with Crippen LogP contribution in [-0.2, 0) is 17.6 Å². The molecular weight excluding hydrogens is 470 g/mol. The number of pyridine rings is 1. The van der Waals surface area contributed by atoms with Crippen LogP contribution in [0.3, 0.4) is 0 Å². The lowest BCUT2D eigenvalue weighted by atomic mass is 10.1. The van der Waals surface area contributed by atoms with Crippen LogP contribution in [0.15, 0.2) is 70.7 Å². The fraction of sp³-hybridized carbons (Fsp3) is 0.0952. The lowest BCUT2D eigenvalue weighted by molar-refractivity contribution is -0.138. The third-order valence-corrected chi connectivity index (χ3v) is 4.84. The van der Waals surface area contributed by atoms with E-state index in [1.165, 1.54) is 30.3 Å². The standard InChI is InChI=1S/C21H14Cl2F3N3O3/c22-15-6-7-16(17(23)9-15)20(31)32-28-19(27)13-3-1-12(2-4-13)10-29-11-14(21(24,25)26)5-8-18(29)30/h1-9,11H,10H2,(H2,27,28). The van der Waals surface area contributed by atoms with Gasteiger partial charge in [0, 0.05) is 22.8 Å². The molecule has 0 saturated heterocycles. The Labute approximate surface area is 189 Å². The second kappa shape index (κ2) is 9.46. The van der Waals surface area contributed by atoms with Gasteiger partial charge < -0.3 is 15.1 Å². The second-order valence-corrected chi connectivity index (χ2v) is 7.40. The Morgan fingerprint density at radius 2 is 1.75 bits per heavy atom. The van der Waals surface area contributed by atoms with Crippen molar-refractivity contribution in [2.45, 2.75) is 12.7 Å². The van der Waals surface area contributed by atoms with Crippen LogP contribution in [-0.4, -0.2) is 16.4 Å². The number of hydrogen-bond donors (Lipinski definition) is 1. The van der Waals surface area contributed by atoms with Crippen molar-refractivity contribution in [1.29, 1.82) is 0 Å². The molecule has 32 heavy (non-hydrogen) atoms. The maximum absolute atomic E-state index is 12.9. The van der Waals surface area contributed by atoms with Gasteiger partial charge in [0.2, 0.25) is 0 Å². The molecule has 0 bridgehead atoms. The topological polar surface area (TPSA) is 86.7 Å². The molecule has 3 aromatic rings. The average Bonchev–Trinajstić information content (AvgIpc) is 2.73. The van der Waals surface area contributed by atoms with Crippen molar-refractivity contribution < 1.29 is 22.8 Å². The van der Waals surface area contributed by atoms with Crippen LogP contribution in [0.5, 0.6) is 0 Å². The Hall–Kier alpha value is -3.30. The van der Waals surface area contributed by atoms with E-state index in [1.54, 1.807) is 12.1 Å². The van der Waals surface area contributed by atoms with E-state index < -0.39 is 23.3 Å². The molecule has 2 N–H and O–H groups in total. The van der Waals surface area contributed by atoms with E-state index in [9.17, 15) is 22.8 Å². The minimum absolute atomic E-state index is 0.0505. The highest BCUT2D eigenvalue weighted by Crippen LogP contribution is 2.28. The molecule has 1 aromatic heterocycles. The number of nitrogens with two attached hydrogens (primary N) is 1. The third-order valence-electron chi connectivity index (χ3n) is 4.29. The molecule has 6 nitrogen and oxygen atoms in total. The molecule has 0 saturated carbocycles. The molecule has 0 aliphatic carbocycles. The first-order valence-electron chi connectivity index (χ1n) is 8.91. The molecule has 166 valence electrons. The quantitative estimate of drug-likeness (QED) is 0.246. The minimum atomic E-state index is -4.56. The summed E-state index contributed by atoms with van der Waals surface area (Å²) in [6.45, 7) is -0.0792. The van der Waals surface area contributed by atoms with Crippen LogP contribution >= 0.6 is 23.2 Å². The second-order valence-electron chi connectivity index (χ2n) is 6.56. The largest absolute Gasteiger partial charge is 0.417 e. The molecule has 0 fully saturated rings. The predicted molar refractivity (Wildman–Crippen MR) is 114 cm³/mol. The Morgan fingerprint density at radius 3 is 2.38 bits per heavy atom. The van der Waals surface area contributed by atoms with Gasteiger partial charge in [-0.25, -0.2) is 4.79 Å². The van der Waals surface area contributed by atoms with Gasteiger partial charge in [0.25, 0.3) is 5.56 Å². The van der Waals surface area contributed by atoms with Crippen LogP contribution in [0.25, 0.3) is 0 Å². The van der Waals surface area contributed by atoms with E-state index in [0.717, 1.165) is 22.9 Å². The highest BCUT2D eigenvalue weighted by molar-refractivity contribution is 6.36. The maximum Gasteiger partial charge on any atom is 0.417 e. The van der Waals surface area contributed by atoms with Crippen LogP contribution < -0.4 is 11.3 Å². The lowest BCUT2D eigenvalue weighted by Crippen LogP contribution is -2.22. The number of carbonyl (C=O) groups is 1. The fourth-order valence-corrected chi connectivity index (χ4v) is 3.13. The molecule has 3 rings (SSSR count). The predicted octanol–water partition coefficient (Wildman–Crippen LogP) is 4.70. The van der Waals surface area contributed by atoms with Gasteiger partial charge in [0.1, 0.15) is 0 Å². The molecular formula is C21H14Cl2F3N3O3. The first-order valence-corrected chi connectivity index (χ1v) is 9.67. The molecule has 2 aromatic carbocycles. The highest BCUT2D eigenvalue weighted by Gasteiger charge is 2.31. The Kier molecular flexibility index (Phi) is 6.90. The zero-order valence-electron chi connectivity index (χ0n) is 16.1. The summed E-state index contributed by atoms with van der Waals surface area (Å²) in [7, 11) is 0. The SMILES string of the molecule is N/C(=N\OC(=O)c1ccc(Cl)cc1Cl)c1ccc(Cn2cc(C(F)(F)F)ccc2=O)cc1. The number of rotatable bonds is 5. The Balaban J connectivity index is 1.71. The molecule has 11 heteroatoms. The molecule has 0 aliphatic rings. The molecule has 0 unspecified atom stereocenters. The van der Waals surface area contributed by atoms with Gasteiger partial charge in [-0.05, 0) is 29.8 Å². The third kappa shape index (κ3) is 5.68. The number of benzene rings is 2. The van der Waals surface area contributed by atoms with Gasteiger partial charge in [-0.1, -0.05) is 52.6 Å². The van der Waals surface area contributed by atoms with Crippen molar-refractivity contribution in [1.82, 2.24) is 4.57 Å². The van der Waals surface area contributed by atoms with E-state index in [4.69, 9.17) is 33.8 Å². The van der Waals surface area contributed by atoms with E-state index in [-0.39, 0.29) is 23.0 Å². The summed E-state index contributed by atoms with van der Waals surface area (Å²) in [5, 5.41) is 4.01. The lowest BCUT2D eigenvalue weighted by Gasteiger charge is -2.11. The van der Waals surface area contributed by atoms with Crippen molar-refractivity contribution in [2.75, 3.05) is 0 Å². The summed E-state index contributed by atoms with van der Waals surface area (Å²) in [6.07, 6.45) is -3.80. The van der Waals surface area contributed by atoms with Gasteiger partial charge in [0.05, 0.1) is 22.7 Å². The maximum atomic E-state index is 12.9. The van der Waals surface area contributed by atoms with Crippen molar-refractivity contribution in [3.8, 4) is 0 Å². The number of amidine groups is 1. The summed E-state index contributed by atoms with van der Waals surface area (Å²) >= 11 is 11.7. The van der Waals surface area contributed by atoms with Crippen LogP contribution in [0.1, 0.15) is 27.0 Å². The van der Waals surface area contributed by atoms with Gasteiger partial charge in [0.15, 0.2) is 5.84 Å². The summed E-state index contributed by atoms with van der Waals surface area (Å²) in [4.78, 5) is 28.7. The normalized spacial score (nSPS) is 12.0. The Bertz CT molecular complexity index is 1240. The number of halogens is 5. The summed E-state index contributed by atoms with van der Waals surface area (Å²) in [6, 6.07) is 12.0. The first kappa shape index (κ1) is 23.4. The van der Waals surface area contributed by atoms with Crippen molar-refractivity contribution in [3.05, 3.63) is 103 Å². The van der Waals surface area contributed by atoms with E-state index >= 15 is 0 Å². The zero-order chi connectivity index (χ0) is 23.5. The molecule has 0 aliphatic heterocycles. The number of aromatic nitrogens is 1. The van der Waals surface area contributed by atoms with E-state index in [1.807, 2.05) is 0 Å². The molecule has 0 atom stereocenters. The van der Waals surface area contributed by atoms with Gasteiger partial charge in [-0.2, -0.15) is 13.2 Å². The van der Waals surface area contributed by atoms with E-state index in [0.29, 0.717) is 16.1 Å². The summed E-state index contributed by atoms with van der Waals surface area (Å²) in [5.74, 6) is -0.957. The van der Waals surface area contributed by atoms with Crippen LogP contribution in [0, 0.1) is 0 Å². The summed E-state index contributed by atoms with van der Waals surface area (Å²) in [5.41, 5.74) is 5.31. The average molecular weight is 484 g/mol. The van der Waals surface area contributed by atoms with Crippen LogP contribution in [0.2, 0.25) is 10.0 Å². The molecule has 0 amide bonds. The van der Waals surface area contributed by atoms with Crippen molar-refractivity contribution >= 4 is 35.0 Å². The monoisotopic (exact) mass is 483 g/mol. The molecule has 0 radical (unpaired) electrons. The van der Waals surface area contributed by atoms with Gasteiger partial charge in [-0.15, -0.1) is 0 Å². The smallest absolute Gasteiger partial charge is 0.380 e. The number of alkyl halides is 3. The number of oxime groups is 1. The van der Waals surface area contributed by atoms with Crippen molar-refractivity contribution in [3.63, 3.8) is 0 Å².